The molecule has 1 unspecified atom stereocenters. The first-order valence-corrected chi connectivity index (χ1v) is 14.4. The summed E-state index contributed by atoms with van der Waals surface area (Å²) < 4.78 is 11.1. The quantitative estimate of drug-likeness (QED) is 0.202. The highest BCUT2D eigenvalue weighted by Crippen LogP contribution is 2.62. The summed E-state index contributed by atoms with van der Waals surface area (Å²) >= 11 is 20.6. The molecule has 29 heavy (non-hydrogen) atoms. The molecule has 7 nitrogen and oxygen atoms in total. The molecule has 0 fully saturated rings. The summed E-state index contributed by atoms with van der Waals surface area (Å²) in [6.45, 7) is 4.96. The predicted octanol–water partition coefficient (Wildman–Crippen LogP) is 4.74. The van der Waals surface area contributed by atoms with Crippen molar-refractivity contribution in [3.8, 4) is 0 Å². The fourth-order valence-corrected chi connectivity index (χ4v) is 9.13. The first kappa shape index (κ1) is 29.0. The molecule has 0 bridgehead atoms. The second-order valence-corrected chi connectivity index (χ2v) is 13.7. The van der Waals surface area contributed by atoms with Gasteiger partial charge in [-0.05, 0) is 50.3 Å². The highest BCUT2D eigenvalue weighted by atomic mass is 35.5. The SMILES string of the molecule is CCOP(=S)(OCC)SCSc1cc(Cl)ccc1Cl.NC(=O)CCC(N)C(=O)O. The minimum Gasteiger partial charge on any atom is -0.480 e. The summed E-state index contributed by atoms with van der Waals surface area (Å²) in [7, 11) is 0. The summed E-state index contributed by atoms with van der Waals surface area (Å²) in [5, 5.41) is 10.3. The highest BCUT2D eigenvalue weighted by Gasteiger charge is 2.19. The third-order valence-corrected chi connectivity index (χ3v) is 10.7. The van der Waals surface area contributed by atoms with Crippen molar-refractivity contribution in [3.05, 3.63) is 28.2 Å². The van der Waals surface area contributed by atoms with Gasteiger partial charge in [0.25, 0.3) is 0 Å². The van der Waals surface area contributed by atoms with Gasteiger partial charge in [0.1, 0.15) is 6.04 Å². The number of hydrogen-bond donors (Lipinski definition) is 3. The van der Waals surface area contributed by atoms with Crippen molar-refractivity contribution in [3.63, 3.8) is 0 Å². The van der Waals surface area contributed by atoms with Crippen molar-refractivity contribution in [2.45, 2.75) is 37.6 Å². The number of carbonyl (C=O) groups excluding carboxylic acids is 1. The number of amides is 1. The molecule has 5 N–H and O–H groups in total. The van der Waals surface area contributed by atoms with Crippen LogP contribution in [-0.2, 0) is 30.4 Å². The van der Waals surface area contributed by atoms with Crippen molar-refractivity contribution >= 4 is 75.7 Å². The van der Waals surface area contributed by atoms with Crippen molar-refractivity contribution in [1.29, 1.82) is 0 Å². The molecule has 0 saturated carbocycles. The fraction of sp³-hybridized carbons (Fsp3) is 0.500. The first-order chi connectivity index (χ1) is 13.5. The molecular weight excluding hydrogens is 498 g/mol. The number of carboxylic acids is 1. The van der Waals surface area contributed by atoms with E-state index >= 15 is 0 Å². The monoisotopic (exact) mass is 522 g/mol. The molecule has 1 aromatic rings. The van der Waals surface area contributed by atoms with Crippen LogP contribution in [0.5, 0.6) is 0 Å². The largest absolute Gasteiger partial charge is 0.480 e. The van der Waals surface area contributed by atoms with E-state index in [4.69, 9.17) is 60.6 Å². The molecule has 0 aliphatic rings. The number of halogens is 2. The Balaban J connectivity index is 0.000000665. The minimum atomic E-state index is -2.23. The zero-order valence-electron chi connectivity index (χ0n) is 16.0. The molecule has 1 atom stereocenters. The molecule has 0 spiro atoms. The Labute approximate surface area is 194 Å². The molecule has 0 heterocycles. The number of benzene rings is 1. The van der Waals surface area contributed by atoms with Gasteiger partial charge >= 0.3 is 5.97 Å². The van der Waals surface area contributed by atoms with E-state index in [9.17, 15) is 9.59 Å². The maximum atomic E-state index is 10.1. The third-order valence-electron chi connectivity index (χ3n) is 2.91. The van der Waals surface area contributed by atoms with E-state index in [-0.39, 0.29) is 12.8 Å². The third kappa shape index (κ3) is 13.8. The Kier molecular flexibility index (Phi) is 15.7. The van der Waals surface area contributed by atoms with Crippen molar-refractivity contribution in [2.75, 3.05) is 18.3 Å². The Bertz CT molecular complexity index is 705. The molecule has 13 heteroatoms. The van der Waals surface area contributed by atoms with Crippen molar-refractivity contribution in [2.24, 2.45) is 11.5 Å². The fourth-order valence-electron chi connectivity index (χ4n) is 1.59. The van der Waals surface area contributed by atoms with Gasteiger partial charge in [0.05, 0.1) is 23.3 Å². The zero-order valence-corrected chi connectivity index (χ0v) is 20.9. The lowest BCUT2D eigenvalue weighted by atomic mass is 10.2. The number of nitrogens with two attached hydrogens (primary N) is 2. The normalized spacial score (nSPS) is 12.0. The molecular formula is C16H25Cl2N2O5PS3. The topological polar surface area (TPSA) is 125 Å². The number of rotatable bonds is 12. The van der Waals surface area contributed by atoms with Gasteiger partial charge in [-0.25, -0.2) is 0 Å². The molecule has 0 saturated heterocycles. The summed E-state index contributed by atoms with van der Waals surface area (Å²) in [5.41, 5.74) is 7.58. The average molecular weight is 523 g/mol. The van der Waals surface area contributed by atoms with Crippen LogP contribution in [0.2, 0.25) is 10.0 Å². The lowest BCUT2D eigenvalue weighted by molar-refractivity contribution is -0.138. The van der Waals surface area contributed by atoms with Gasteiger partial charge < -0.3 is 25.6 Å². The van der Waals surface area contributed by atoms with Crippen molar-refractivity contribution < 1.29 is 23.7 Å². The molecule has 1 amide bonds. The smallest absolute Gasteiger partial charge is 0.320 e. The van der Waals surface area contributed by atoms with Crippen LogP contribution in [0.3, 0.4) is 0 Å². The van der Waals surface area contributed by atoms with Gasteiger partial charge in [-0.15, -0.1) is 11.8 Å². The van der Waals surface area contributed by atoms with Gasteiger partial charge in [0, 0.05) is 16.3 Å². The van der Waals surface area contributed by atoms with Crippen LogP contribution in [0.4, 0.5) is 0 Å². The van der Waals surface area contributed by atoms with Crippen LogP contribution in [0.25, 0.3) is 0 Å². The maximum absolute atomic E-state index is 10.1. The molecule has 0 aromatic heterocycles. The van der Waals surface area contributed by atoms with Crippen LogP contribution in [-0.4, -0.2) is 41.3 Å². The van der Waals surface area contributed by atoms with Gasteiger partial charge in [0.15, 0.2) is 0 Å². The Morgan fingerprint density at radius 1 is 1.28 bits per heavy atom. The Morgan fingerprint density at radius 3 is 2.34 bits per heavy atom. The summed E-state index contributed by atoms with van der Waals surface area (Å²) in [6, 6.07) is 4.43. The average Bonchev–Trinajstić information content (AvgIpc) is 2.63. The molecule has 0 aliphatic carbocycles. The van der Waals surface area contributed by atoms with Gasteiger partial charge in [0.2, 0.25) is 11.6 Å². The standard InChI is InChI=1S/C11H15Cl2O2PS3.C5H10N2O3/c1-3-14-16(17,15-4-2)19-8-18-11-7-9(12)5-6-10(11)13;6-3(5(9)10)1-2-4(7)8/h5-7H,3-4,8H2,1-2H3;3H,1-2,6H2,(H2,7,8)(H,9,10). The van der Waals surface area contributed by atoms with E-state index in [1.807, 2.05) is 19.9 Å². The second-order valence-electron chi connectivity index (χ2n) is 5.20. The van der Waals surface area contributed by atoms with Crippen LogP contribution in [0.15, 0.2) is 23.1 Å². The number of thioether (sulfide) groups is 1. The minimum absolute atomic E-state index is 0.0213. The van der Waals surface area contributed by atoms with Crippen LogP contribution >= 0.6 is 52.0 Å². The highest BCUT2D eigenvalue weighted by molar-refractivity contribution is 8.69. The Morgan fingerprint density at radius 2 is 1.86 bits per heavy atom. The Hall–Kier alpha value is -0.0300. The van der Waals surface area contributed by atoms with E-state index in [1.165, 1.54) is 11.4 Å². The number of primary amides is 1. The van der Waals surface area contributed by atoms with E-state index in [0.29, 0.717) is 23.3 Å². The van der Waals surface area contributed by atoms with E-state index in [2.05, 4.69) is 0 Å². The van der Waals surface area contributed by atoms with Crippen LogP contribution in [0.1, 0.15) is 26.7 Å². The summed E-state index contributed by atoms with van der Waals surface area (Å²) in [4.78, 5) is 21.1. The molecule has 1 rings (SSSR count). The number of aliphatic carboxylic acids is 1. The lowest BCUT2D eigenvalue weighted by Gasteiger charge is -2.19. The van der Waals surface area contributed by atoms with Crippen molar-refractivity contribution in [1.82, 2.24) is 0 Å². The summed E-state index contributed by atoms with van der Waals surface area (Å²) in [6.07, 6.45) is 0.123. The number of carboxylic acid groups (broad SMARTS) is 1. The number of hydrogen-bond acceptors (Lipinski definition) is 8. The second kappa shape index (κ2) is 15.7. The van der Waals surface area contributed by atoms with Gasteiger partial charge in [-0.1, -0.05) is 34.6 Å². The van der Waals surface area contributed by atoms with E-state index in [1.54, 1.807) is 23.9 Å². The van der Waals surface area contributed by atoms with Crippen LogP contribution in [0, 0.1) is 0 Å². The van der Waals surface area contributed by atoms with E-state index in [0.717, 1.165) is 9.98 Å². The van der Waals surface area contributed by atoms with E-state index < -0.39 is 23.6 Å². The molecule has 0 radical (unpaired) electrons. The van der Waals surface area contributed by atoms with Gasteiger partial charge in [-0.3, -0.25) is 9.59 Å². The lowest BCUT2D eigenvalue weighted by Crippen LogP contribution is -2.31. The maximum Gasteiger partial charge on any atom is 0.320 e. The van der Waals surface area contributed by atoms with Gasteiger partial charge in [-0.2, -0.15) is 0 Å². The summed E-state index contributed by atoms with van der Waals surface area (Å²) in [5.74, 6) is -1.64. The number of carbonyl (C=O) groups is 2. The van der Waals surface area contributed by atoms with Crippen LogP contribution < -0.4 is 11.5 Å². The molecule has 166 valence electrons. The molecule has 1 aromatic carbocycles. The molecule has 0 aliphatic heterocycles. The first-order valence-electron chi connectivity index (χ1n) is 8.42. The predicted molar refractivity (Wildman–Crippen MR) is 126 cm³/mol. The zero-order chi connectivity index (χ0) is 22.4.